The highest BCUT2D eigenvalue weighted by molar-refractivity contribution is 6.01. The molecule has 7 nitrogen and oxygen atoms in total. The van der Waals surface area contributed by atoms with Crippen molar-refractivity contribution in [3.05, 3.63) is 29.8 Å². The van der Waals surface area contributed by atoms with Crippen LogP contribution in [-0.2, 0) is 4.79 Å². The molecular weight excluding hydrogens is 272 g/mol. The van der Waals surface area contributed by atoms with Crippen LogP contribution in [0.25, 0.3) is 0 Å². The number of amides is 4. The third-order valence-corrected chi connectivity index (χ3v) is 2.44. The summed E-state index contributed by atoms with van der Waals surface area (Å²) in [6.07, 6.45) is 5.08. The quantitative estimate of drug-likeness (QED) is 0.569. The summed E-state index contributed by atoms with van der Waals surface area (Å²) in [6, 6.07) is 6.07. The molecule has 0 aliphatic heterocycles. The fourth-order valence-electron chi connectivity index (χ4n) is 1.47. The molecule has 21 heavy (non-hydrogen) atoms. The molecule has 0 saturated heterocycles. The summed E-state index contributed by atoms with van der Waals surface area (Å²) in [5.74, 6) is 1.44. The second kappa shape index (κ2) is 8.22. The Labute approximate surface area is 122 Å². The first-order valence-corrected chi connectivity index (χ1v) is 6.14. The van der Waals surface area contributed by atoms with Gasteiger partial charge in [-0.3, -0.25) is 14.9 Å². The minimum absolute atomic E-state index is 0.115. The number of carbonyl (C=O) groups is 3. The van der Waals surface area contributed by atoms with Gasteiger partial charge >= 0.3 is 6.03 Å². The van der Waals surface area contributed by atoms with E-state index in [0.29, 0.717) is 11.3 Å². The largest absolute Gasteiger partial charge is 0.375 e. The number of urea groups is 1. The van der Waals surface area contributed by atoms with Crippen LogP contribution < -0.4 is 21.3 Å². The zero-order chi connectivity index (χ0) is 15.7. The van der Waals surface area contributed by atoms with Gasteiger partial charge in [-0.15, -0.1) is 6.42 Å². The second-order valence-electron chi connectivity index (χ2n) is 3.91. The number of benzene rings is 1. The van der Waals surface area contributed by atoms with Gasteiger partial charge in [0, 0.05) is 12.7 Å². The van der Waals surface area contributed by atoms with E-state index in [4.69, 9.17) is 6.42 Å². The number of hydrogen-bond acceptors (Lipinski definition) is 4. The molecule has 0 radical (unpaired) electrons. The number of carbonyl (C=O) groups excluding carboxylic acids is 3. The molecule has 1 aromatic rings. The van der Waals surface area contributed by atoms with Crippen molar-refractivity contribution >= 4 is 23.5 Å². The molecule has 0 aliphatic carbocycles. The van der Waals surface area contributed by atoms with Crippen molar-refractivity contribution in [3.63, 3.8) is 0 Å². The van der Waals surface area contributed by atoms with Crippen LogP contribution in [0.1, 0.15) is 10.4 Å². The number of para-hydroxylation sites is 1. The minimum atomic E-state index is -0.596. The number of imide groups is 1. The van der Waals surface area contributed by atoms with E-state index in [1.807, 2.05) is 0 Å². The summed E-state index contributed by atoms with van der Waals surface area (Å²) in [6.45, 7) is -0.0306. The molecular formula is C14H16N4O3. The molecule has 7 heteroatoms. The predicted molar refractivity (Wildman–Crippen MR) is 78.7 cm³/mol. The van der Waals surface area contributed by atoms with E-state index in [-0.39, 0.29) is 19.0 Å². The number of terminal acetylenes is 1. The minimum Gasteiger partial charge on any atom is -0.375 e. The monoisotopic (exact) mass is 288 g/mol. The predicted octanol–water partition coefficient (Wildman–Crippen LogP) is -0.0829. The molecule has 4 amide bonds. The highest BCUT2D eigenvalue weighted by Gasteiger charge is 2.11. The number of hydrogen-bond donors (Lipinski definition) is 4. The first kappa shape index (κ1) is 16.0. The maximum absolute atomic E-state index is 11.9. The third-order valence-electron chi connectivity index (χ3n) is 2.44. The lowest BCUT2D eigenvalue weighted by Gasteiger charge is -2.11. The highest BCUT2D eigenvalue weighted by Crippen LogP contribution is 2.14. The average Bonchev–Trinajstić information content (AvgIpc) is 2.50. The lowest BCUT2D eigenvalue weighted by Crippen LogP contribution is -2.40. The molecule has 0 unspecified atom stereocenters. The SMILES string of the molecule is C#CCNC(=O)c1ccccc1NCC(=O)NC(=O)NC. The third kappa shape index (κ3) is 5.24. The van der Waals surface area contributed by atoms with E-state index >= 15 is 0 Å². The molecule has 0 aliphatic rings. The topological polar surface area (TPSA) is 99.3 Å². The van der Waals surface area contributed by atoms with Crippen LogP contribution in [-0.4, -0.2) is 38.0 Å². The van der Waals surface area contributed by atoms with Crippen molar-refractivity contribution in [2.24, 2.45) is 0 Å². The summed E-state index contributed by atoms with van der Waals surface area (Å²) >= 11 is 0. The van der Waals surface area contributed by atoms with E-state index in [0.717, 1.165) is 0 Å². The molecule has 0 atom stereocenters. The molecule has 1 aromatic carbocycles. The zero-order valence-corrected chi connectivity index (χ0v) is 11.5. The van der Waals surface area contributed by atoms with Gasteiger partial charge in [0.25, 0.3) is 5.91 Å². The molecule has 0 fully saturated rings. The van der Waals surface area contributed by atoms with Gasteiger partial charge in [0.1, 0.15) is 0 Å². The Bertz CT molecular complexity index is 578. The van der Waals surface area contributed by atoms with Gasteiger partial charge < -0.3 is 16.0 Å². The fraction of sp³-hybridized carbons (Fsp3) is 0.214. The molecule has 4 N–H and O–H groups in total. The van der Waals surface area contributed by atoms with E-state index in [1.54, 1.807) is 24.3 Å². The number of rotatable bonds is 5. The van der Waals surface area contributed by atoms with Gasteiger partial charge in [-0.05, 0) is 12.1 Å². The van der Waals surface area contributed by atoms with Crippen LogP contribution in [0.4, 0.5) is 10.5 Å². The Balaban J connectivity index is 2.67. The summed E-state index contributed by atoms with van der Waals surface area (Å²) in [7, 11) is 1.40. The van der Waals surface area contributed by atoms with Gasteiger partial charge in [0.05, 0.1) is 18.7 Å². The summed E-state index contributed by atoms with van der Waals surface area (Å²) in [4.78, 5) is 34.3. The van der Waals surface area contributed by atoms with Crippen molar-refractivity contribution < 1.29 is 14.4 Å². The fourth-order valence-corrected chi connectivity index (χ4v) is 1.47. The molecule has 0 saturated carbocycles. The van der Waals surface area contributed by atoms with Crippen molar-refractivity contribution in [2.45, 2.75) is 0 Å². The maximum atomic E-state index is 11.9. The van der Waals surface area contributed by atoms with Crippen molar-refractivity contribution in [3.8, 4) is 12.3 Å². The molecule has 0 bridgehead atoms. The van der Waals surface area contributed by atoms with Crippen molar-refractivity contribution in [1.82, 2.24) is 16.0 Å². The molecule has 1 rings (SSSR count). The van der Waals surface area contributed by atoms with Gasteiger partial charge in [-0.1, -0.05) is 18.1 Å². The lowest BCUT2D eigenvalue weighted by molar-refractivity contribution is -0.118. The van der Waals surface area contributed by atoms with E-state index in [2.05, 4.69) is 27.2 Å². The Morgan fingerprint density at radius 2 is 1.95 bits per heavy atom. The van der Waals surface area contributed by atoms with Crippen LogP contribution in [0, 0.1) is 12.3 Å². The molecule has 0 heterocycles. The van der Waals surface area contributed by atoms with Gasteiger partial charge in [0.15, 0.2) is 0 Å². The summed E-state index contributed by atoms with van der Waals surface area (Å²) in [5, 5.41) is 9.70. The van der Waals surface area contributed by atoms with Gasteiger partial charge in [0.2, 0.25) is 5.91 Å². The van der Waals surface area contributed by atoms with Gasteiger partial charge in [-0.2, -0.15) is 0 Å². The van der Waals surface area contributed by atoms with Crippen LogP contribution in [0.3, 0.4) is 0 Å². The Kier molecular flexibility index (Phi) is 6.28. The molecule has 0 aromatic heterocycles. The lowest BCUT2D eigenvalue weighted by atomic mass is 10.1. The zero-order valence-electron chi connectivity index (χ0n) is 11.5. The number of anilines is 1. The Morgan fingerprint density at radius 1 is 1.24 bits per heavy atom. The summed E-state index contributed by atoms with van der Waals surface area (Å²) in [5.41, 5.74) is 0.833. The van der Waals surface area contributed by atoms with Gasteiger partial charge in [-0.25, -0.2) is 4.79 Å². The standard InChI is InChI=1S/C14H16N4O3/c1-3-8-16-13(20)10-6-4-5-7-11(10)17-9-12(19)18-14(21)15-2/h1,4-7,17H,8-9H2,2H3,(H,16,20)(H2,15,18,19,21). The van der Waals surface area contributed by atoms with Crippen LogP contribution in [0.2, 0.25) is 0 Å². The Morgan fingerprint density at radius 3 is 2.62 bits per heavy atom. The second-order valence-corrected chi connectivity index (χ2v) is 3.91. The van der Waals surface area contributed by atoms with E-state index in [9.17, 15) is 14.4 Å². The highest BCUT2D eigenvalue weighted by atomic mass is 16.2. The van der Waals surface area contributed by atoms with Crippen LogP contribution in [0.5, 0.6) is 0 Å². The Hall–Kier alpha value is -3.01. The average molecular weight is 288 g/mol. The summed E-state index contributed by atoms with van der Waals surface area (Å²) < 4.78 is 0. The smallest absolute Gasteiger partial charge is 0.321 e. The first-order chi connectivity index (χ1) is 10.1. The first-order valence-electron chi connectivity index (χ1n) is 6.14. The van der Waals surface area contributed by atoms with E-state index in [1.165, 1.54) is 7.05 Å². The molecule has 0 spiro atoms. The van der Waals surface area contributed by atoms with Crippen molar-refractivity contribution in [1.29, 1.82) is 0 Å². The molecule has 110 valence electrons. The van der Waals surface area contributed by atoms with E-state index < -0.39 is 11.9 Å². The number of nitrogens with one attached hydrogen (secondary N) is 4. The van der Waals surface area contributed by atoms with Crippen LogP contribution in [0.15, 0.2) is 24.3 Å². The van der Waals surface area contributed by atoms with Crippen LogP contribution >= 0.6 is 0 Å². The van der Waals surface area contributed by atoms with Crippen molar-refractivity contribution in [2.75, 3.05) is 25.5 Å². The normalized spacial score (nSPS) is 9.14. The maximum Gasteiger partial charge on any atom is 0.321 e.